The summed E-state index contributed by atoms with van der Waals surface area (Å²) in [5, 5.41) is 6.93. The summed E-state index contributed by atoms with van der Waals surface area (Å²) in [7, 11) is 0. The molecule has 5 nitrogen and oxygen atoms in total. The highest BCUT2D eigenvalue weighted by molar-refractivity contribution is 7.14. The molecule has 1 aromatic carbocycles. The lowest BCUT2D eigenvalue weighted by Gasteiger charge is -2.00. The van der Waals surface area contributed by atoms with Crippen LogP contribution in [0.3, 0.4) is 0 Å². The first-order valence-electron chi connectivity index (χ1n) is 6.74. The van der Waals surface area contributed by atoms with Gasteiger partial charge in [-0.1, -0.05) is 31.7 Å². The summed E-state index contributed by atoms with van der Waals surface area (Å²) in [6.45, 7) is 0. The van der Waals surface area contributed by atoms with Crippen molar-refractivity contribution in [2.24, 2.45) is 0 Å². The van der Waals surface area contributed by atoms with Gasteiger partial charge in [0.05, 0.1) is 11.2 Å². The maximum Gasteiger partial charge on any atom is 0.228 e. The minimum atomic E-state index is 0. The fraction of sp³-hybridized carbons (Fsp3) is 0.0588. The topological polar surface area (TPSA) is 63.6 Å². The van der Waals surface area contributed by atoms with Gasteiger partial charge in [-0.15, -0.1) is 11.3 Å². The first kappa shape index (κ1) is 15.1. The highest BCUT2D eigenvalue weighted by Gasteiger charge is 2.07. The van der Waals surface area contributed by atoms with Crippen LogP contribution in [0.5, 0.6) is 0 Å². The molecule has 0 unspecified atom stereocenters. The van der Waals surface area contributed by atoms with E-state index < -0.39 is 0 Å². The molecule has 0 spiro atoms. The minimum absolute atomic E-state index is 0. The molecule has 0 radical (unpaired) electrons. The third-order valence-electron chi connectivity index (χ3n) is 3.15. The fourth-order valence-electron chi connectivity index (χ4n) is 2.12. The highest BCUT2D eigenvalue weighted by atomic mass is 32.1. The van der Waals surface area contributed by atoms with Crippen LogP contribution in [0.2, 0.25) is 0 Å². The van der Waals surface area contributed by atoms with Crippen LogP contribution in [-0.2, 0) is 0 Å². The van der Waals surface area contributed by atoms with Gasteiger partial charge in [-0.05, 0) is 18.2 Å². The summed E-state index contributed by atoms with van der Waals surface area (Å²) in [5.41, 5.74) is 2.67. The first-order valence-corrected chi connectivity index (χ1v) is 7.62. The summed E-state index contributed by atoms with van der Waals surface area (Å²) in [5.74, 6) is 0.537. The molecule has 3 heterocycles. The molecule has 0 fully saturated rings. The van der Waals surface area contributed by atoms with Crippen molar-refractivity contribution in [1.82, 2.24) is 19.9 Å². The molecule has 114 valence electrons. The molecule has 0 amide bonds. The zero-order chi connectivity index (χ0) is 14.8. The zero-order valence-electron chi connectivity index (χ0n) is 11.5. The number of aromatic nitrogens is 4. The van der Waals surface area contributed by atoms with Gasteiger partial charge < -0.3 is 5.32 Å². The Bertz CT molecular complexity index is 920. The molecule has 3 aromatic heterocycles. The Balaban J connectivity index is 0.00000156. The SMILES string of the molecule is C.c1cnc(Nc2nc(-c3ccc4ccccc4n3)cs2)nc1. The molecule has 0 aliphatic rings. The normalized spacial score (nSPS) is 10.3. The smallest absolute Gasteiger partial charge is 0.228 e. The third kappa shape index (κ3) is 3.17. The van der Waals surface area contributed by atoms with Gasteiger partial charge in [0, 0.05) is 23.2 Å². The van der Waals surface area contributed by atoms with E-state index in [4.69, 9.17) is 0 Å². The second-order valence-electron chi connectivity index (χ2n) is 4.62. The number of fused-ring (bicyclic) bond motifs is 1. The van der Waals surface area contributed by atoms with Crippen molar-refractivity contribution in [2.75, 3.05) is 5.32 Å². The van der Waals surface area contributed by atoms with Crippen LogP contribution in [0.4, 0.5) is 11.1 Å². The lowest BCUT2D eigenvalue weighted by atomic mass is 10.2. The fourth-order valence-corrected chi connectivity index (χ4v) is 2.81. The number of benzene rings is 1. The number of nitrogens with one attached hydrogen (secondary N) is 1. The number of pyridine rings is 1. The monoisotopic (exact) mass is 321 g/mol. The maximum absolute atomic E-state index is 4.65. The third-order valence-corrected chi connectivity index (χ3v) is 3.91. The van der Waals surface area contributed by atoms with Crippen molar-refractivity contribution in [3.8, 4) is 11.4 Å². The summed E-state index contributed by atoms with van der Waals surface area (Å²) in [6.07, 6.45) is 3.38. The average molecular weight is 321 g/mol. The van der Waals surface area contributed by atoms with Gasteiger partial charge in [-0.25, -0.2) is 19.9 Å². The van der Waals surface area contributed by atoms with Crippen molar-refractivity contribution in [2.45, 2.75) is 7.43 Å². The van der Waals surface area contributed by atoms with Gasteiger partial charge in [-0.3, -0.25) is 0 Å². The summed E-state index contributed by atoms with van der Waals surface area (Å²) >= 11 is 1.50. The number of anilines is 2. The predicted molar refractivity (Wildman–Crippen MR) is 94.9 cm³/mol. The Morgan fingerprint density at radius 1 is 0.826 bits per heavy atom. The predicted octanol–water partition coefficient (Wildman–Crippen LogP) is 4.53. The molecule has 0 bridgehead atoms. The van der Waals surface area contributed by atoms with E-state index in [0.717, 1.165) is 27.4 Å². The van der Waals surface area contributed by atoms with Crippen molar-refractivity contribution >= 4 is 33.3 Å². The molecule has 0 aliphatic carbocycles. The molecule has 23 heavy (non-hydrogen) atoms. The van der Waals surface area contributed by atoms with Gasteiger partial charge in [0.25, 0.3) is 0 Å². The molecule has 6 heteroatoms. The number of para-hydroxylation sites is 1. The highest BCUT2D eigenvalue weighted by Crippen LogP contribution is 2.26. The molecule has 1 N–H and O–H groups in total. The van der Waals surface area contributed by atoms with Crippen LogP contribution in [-0.4, -0.2) is 19.9 Å². The standard InChI is InChI=1S/C16H11N5S.CH4/c1-2-5-12-11(4-1)6-7-13(19-12)14-10-22-16(20-14)21-15-17-8-3-9-18-15;/h1-10H,(H,17,18,20,21);1H4. The lowest BCUT2D eigenvalue weighted by Crippen LogP contribution is -1.95. The average Bonchev–Trinajstić information content (AvgIpc) is 3.04. The molecule has 0 aliphatic heterocycles. The van der Waals surface area contributed by atoms with Crippen LogP contribution in [0.25, 0.3) is 22.3 Å². The Kier molecular flexibility index (Phi) is 4.25. The van der Waals surface area contributed by atoms with Gasteiger partial charge in [0.15, 0.2) is 5.13 Å². The van der Waals surface area contributed by atoms with E-state index in [1.807, 2.05) is 35.7 Å². The van der Waals surface area contributed by atoms with Crippen LogP contribution in [0, 0.1) is 0 Å². The van der Waals surface area contributed by atoms with E-state index in [2.05, 4.69) is 31.3 Å². The first-order chi connectivity index (χ1) is 10.9. The van der Waals surface area contributed by atoms with Crippen molar-refractivity contribution < 1.29 is 0 Å². The molecule has 0 saturated carbocycles. The van der Waals surface area contributed by atoms with E-state index in [1.165, 1.54) is 11.3 Å². The molecule has 4 aromatic rings. The Labute approximate surface area is 138 Å². The van der Waals surface area contributed by atoms with Crippen molar-refractivity contribution in [1.29, 1.82) is 0 Å². The van der Waals surface area contributed by atoms with Gasteiger partial charge >= 0.3 is 0 Å². The summed E-state index contributed by atoms with van der Waals surface area (Å²) in [4.78, 5) is 17.5. The minimum Gasteiger partial charge on any atom is -0.300 e. The number of nitrogens with zero attached hydrogens (tertiary/aromatic N) is 4. The second-order valence-corrected chi connectivity index (χ2v) is 5.48. The number of rotatable bonds is 3. The van der Waals surface area contributed by atoms with Crippen LogP contribution in [0.15, 0.2) is 60.2 Å². The molecule has 0 atom stereocenters. The molecule has 4 rings (SSSR count). The van der Waals surface area contributed by atoms with E-state index >= 15 is 0 Å². The van der Waals surface area contributed by atoms with E-state index in [0.29, 0.717) is 5.95 Å². The Hall–Kier alpha value is -2.86. The van der Waals surface area contributed by atoms with Gasteiger partial charge in [0.2, 0.25) is 5.95 Å². The Morgan fingerprint density at radius 2 is 1.65 bits per heavy atom. The van der Waals surface area contributed by atoms with Gasteiger partial charge in [0.1, 0.15) is 5.69 Å². The summed E-state index contributed by atoms with van der Waals surface area (Å²) in [6, 6.07) is 13.9. The number of thiazole rings is 1. The quantitative estimate of drug-likeness (QED) is 0.600. The van der Waals surface area contributed by atoms with Crippen molar-refractivity contribution in [3.63, 3.8) is 0 Å². The van der Waals surface area contributed by atoms with E-state index in [1.54, 1.807) is 18.5 Å². The largest absolute Gasteiger partial charge is 0.300 e. The second kappa shape index (κ2) is 6.50. The number of hydrogen-bond donors (Lipinski definition) is 1. The molecular weight excluding hydrogens is 306 g/mol. The number of hydrogen-bond acceptors (Lipinski definition) is 6. The lowest BCUT2D eigenvalue weighted by molar-refractivity contribution is 1.16. The van der Waals surface area contributed by atoms with Gasteiger partial charge in [-0.2, -0.15) is 0 Å². The molecule has 0 saturated heterocycles. The maximum atomic E-state index is 4.65. The van der Waals surface area contributed by atoms with E-state index in [-0.39, 0.29) is 7.43 Å². The van der Waals surface area contributed by atoms with Crippen molar-refractivity contribution in [3.05, 3.63) is 60.2 Å². The van der Waals surface area contributed by atoms with Crippen LogP contribution >= 0.6 is 11.3 Å². The van der Waals surface area contributed by atoms with E-state index in [9.17, 15) is 0 Å². The summed E-state index contributed by atoms with van der Waals surface area (Å²) < 4.78 is 0. The molecular formula is C17H15N5S. The van der Waals surface area contributed by atoms with Crippen LogP contribution in [0.1, 0.15) is 7.43 Å². The zero-order valence-corrected chi connectivity index (χ0v) is 12.3. The Morgan fingerprint density at radius 3 is 2.52 bits per heavy atom. The van der Waals surface area contributed by atoms with Crippen LogP contribution < -0.4 is 5.32 Å².